The van der Waals surface area contributed by atoms with E-state index in [1.54, 1.807) is 0 Å². The van der Waals surface area contributed by atoms with Crippen LogP contribution in [-0.4, -0.2) is 25.0 Å². The predicted molar refractivity (Wildman–Crippen MR) is 26.7 cm³/mol. The molecule has 0 saturated heterocycles. The van der Waals surface area contributed by atoms with E-state index in [1.807, 2.05) is 0 Å². The molecule has 50 valence electrons. The van der Waals surface area contributed by atoms with Crippen molar-refractivity contribution >= 4 is 6.16 Å². The zero-order valence-electron chi connectivity index (χ0n) is 4.85. The van der Waals surface area contributed by atoms with Gasteiger partial charge in [-0.15, -0.1) is 0 Å². The predicted octanol–water partition coefficient (Wildman–Crippen LogP) is 1.29. The number of hydrogen-bond donors (Lipinski definition) is 1. The first-order valence-corrected chi connectivity index (χ1v) is 2.01. The number of hydrogen-bond acceptors (Lipinski definition) is 2. The van der Waals surface area contributed by atoms with E-state index in [-0.39, 0.29) is 6.67 Å². The topological polar surface area (TPSA) is 46.5 Å². The molecule has 0 rings (SSSR count). The van der Waals surface area contributed by atoms with Crippen molar-refractivity contribution in [1.29, 1.82) is 0 Å². The van der Waals surface area contributed by atoms with Crippen LogP contribution in [0.5, 0.6) is 0 Å². The average Bonchev–Trinajstić information content (AvgIpc) is 1.69. The SMILES string of the molecule is CCF.COC(=O)O. The van der Waals surface area contributed by atoms with Crippen molar-refractivity contribution in [2.75, 3.05) is 13.8 Å². The van der Waals surface area contributed by atoms with Crippen LogP contribution in [0.15, 0.2) is 0 Å². The lowest BCUT2D eigenvalue weighted by Crippen LogP contribution is -1.91. The number of alkyl halides is 1. The molecular weight excluding hydrogens is 115 g/mol. The van der Waals surface area contributed by atoms with Crippen LogP contribution in [0.1, 0.15) is 6.92 Å². The van der Waals surface area contributed by atoms with Crippen molar-refractivity contribution in [2.24, 2.45) is 0 Å². The van der Waals surface area contributed by atoms with Gasteiger partial charge in [-0.1, -0.05) is 0 Å². The molecule has 1 N–H and O–H groups in total. The number of carbonyl (C=O) groups is 1. The Balaban J connectivity index is 0. The van der Waals surface area contributed by atoms with E-state index in [0.717, 1.165) is 7.11 Å². The maximum atomic E-state index is 10.3. The first-order valence-electron chi connectivity index (χ1n) is 2.01. The monoisotopic (exact) mass is 124 g/mol. The van der Waals surface area contributed by atoms with Crippen LogP contribution in [-0.2, 0) is 4.74 Å². The van der Waals surface area contributed by atoms with E-state index in [2.05, 4.69) is 4.74 Å². The molecule has 0 bridgehead atoms. The maximum absolute atomic E-state index is 10.3. The highest BCUT2D eigenvalue weighted by atomic mass is 19.1. The molecular formula is C4H9FO3. The molecule has 0 saturated carbocycles. The van der Waals surface area contributed by atoms with E-state index in [0.29, 0.717) is 0 Å². The van der Waals surface area contributed by atoms with E-state index in [1.165, 1.54) is 6.92 Å². The number of carboxylic acid groups (broad SMARTS) is 1. The fourth-order valence-electron chi connectivity index (χ4n) is 0. The zero-order valence-corrected chi connectivity index (χ0v) is 4.85. The van der Waals surface area contributed by atoms with Gasteiger partial charge in [0, 0.05) is 0 Å². The molecule has 0 aromatic carbocycles. The average molecular weight is 124 g/mol. The molecule has 0 amide bonds. The highest BCUT2D eigenvalue weighted by molar-refractivity contribution is 5.56. The molecule has 0 aliphatic rings. The minimum Gasteiger partial charge on any atom is -0.450 e. The second-order valence-corrected chi connectivity index (χ2v) is 0.737. The van der Waals surface area contributed by atoms with Gasteiger partial charge in [0.25, 0.3) is 0 Å². The molecule has 0 heterocycles. The van der Waals surface area contributed by atoms with Gasteiger partial charge < -0.3 is 9.84 Å². The maximum Gasteiger partial charge on any atom is 0.505 e. The number of methoxy groups -OCH3 is 1. The molecule has 3 nitrogen and oxygen atoms in total. The number of halogens is 1. The van der Waals surface area contributed by atoms with E-state index >= 15 is 0 Å². The van der Waals surface area contributed by atoms with E-state index < -0.39 is 6.16 Å². The minimum atomic E-state index is -1.25. The Hall–Kier alpha value is -0.800. The first-order chi connectivity index (χ1) is 3.68. The zero-order chi connectivity index (χ0) is 6.99. The second-order valence-electron chi connectivity index (χ2n) is 0.737. The minimum absolute atomic E-state index is 0.250. The summed E-state index contributed by atoms with van der Waals surface area (Å²) in [5.41, 5.74) is 0. The summed E-state index contributed by atoms with van der Waals surface area (Å²) in [6.07, 6.45) is -1.25. The smallest absolute Gasteiger partial charge is 0.450 e. The molecule has 4 heteroatoms. The molecule has 0 aromatic heterocycles. The van der Waals surface area contributed by atoms with Crippen molar-refractivity contribution in [2.45, 2.75) is 6.92 Å². The van der Waals surface area contributed by atoms with Crippen molar-refractivity contribution in [3.8, 4) is 0 Å². The van der Waals surface area contributed by atoms with Crippen molar-refractivity contribution in [3.63, 3.8) is 0 Å². The second kappa shape index (κ2) is 9.50. The number of ether oxygens (including phenoxy) is 1. The van der Waals surface area contributed by atoms with Crippen LogP contribution >= 0.6 is 0 Å². The van der Waals surface area contributed by atoms with Crippen molar-refractivity contribution in [1.82, 2.24) is 0 Å². The molecule has 0 aromatic rings. The van der Waals surface area contributed by atoms with Crippen molar-refractivity contribution in [3.05, 3.63) is 0 Å². The number of rotatable bonds is 0. The molecule has 0 unspecified atom stereocenters. The molecule has 0 radical (unpaired) electrons. The lowest BCUT2D eigenvalue weighted by molar-refractivity contribution is 0.114. The van der Waals surface area contributed by atoms with Crippen LogP contribution in [0.2, 0.25) is 0 Å². The summed E-state index contributed by atoms with van der Waals surface area (Å²) in [6.45, 7) is 1.21. The summed E-state index contributed by atoms with van der Waals surface area (Å²) in [7, 11) is 1.10. The van der Waals surface area contributed by atoms with Gasteiger partial charge in [-0.05, 0) is 6.92 Å². The van der Waals surface area contributed by atoms with Gasteiger partial charge in [0.05, 0.1) is 13.8 Å². The van der Waals surface area contributed by atoms with E-state index in [9.17, 15) is 4.39 Å². The molecule has 0 fully saturated rings. The van der Waals surface area contributed by atoms with Gasteiger partial charge in [-0.25, -0.2) is 4.79 Å². The van der Waals surface area contributed by atoms with Crippen molar-refractivity contribution < 1.29 is 19.0 Å². The molecule has 0 atom stereocenters. The Bertz CT molecular complexity index is 55.2. The van der Waals surface area contributed by atoms with E-state index in [4.69, 9.17) is 9.90 Å². The third kappa shape index (κ3) is 63.7. The largest absolute Gasteiger partial charge is 0.505 e. The molecule has 0 aliphatic carbocycles. The summed E-state index contributed by atoms with van der Waals surface area (Å²) in [4.78, 5) is 9.15. The fourth-order valence-corrected chi connectivity index (χ4v) is 0. The molecule has 0 aliphatic heterocycles. The summed E-state index contributed by atoms with van der Waals surface area (Å²) in [6, 6.07) is 0. The Labute approximate surface area is 47.1 Å². The Kier molecular flexibility index (Phi) is 12.2. The lowest BCUT2D eigenvalue weighted by atomic mass is 10.9. The van der Waals surface area contributed by atoms with Crippen LogP contribution in [0.25, 0.3) is 0 Å². The molecule has 8 heavy (non-hydrogen) atoms. The van der Waals surface area contributed by atoms with Gasteiger partial charge in [0.15, 0.2) is 0 Å². The quantitative estimate of drug-likeness (QED) is 0.495. The molecule has 0 spiro atoms. The van der Waals surface area contributed by atoms with Crippen LogP contribution in [0.4, 0.5) is 9.18 Å². The normalized spacial score (nSPS) is 6.38. The highest BCUT2D eigenvalue weighted by Crippen LogP contribution is 1.60. The summed E-state index contributed by atoms with van der Waals surface area (Å²) < 4.78 is 14.0. The summed E-state index contributed by atoms with van der Waals surface area (Å²) in [5, 5.41) is 7.50. The summed E-state index contributed by atoms with van der Waals surface area (Å²) >= 11 is 0. The Morgan fingerprint density at radius 2 is 2.00 bits per heavy atom. The standard InChI is InChI=1S/C2H5F.C2H4O3/c1-2-3;1-5-2(3)4/h2H2,1H3;1H3,(H,3,4). The third-order valence-corrected chi connectivity index (χ3v) is 0.175. The highest BCUT2D eigenvalue weighted by Gasteiger charge is 1.80. The van der Waals surface area contributed by atoms with Crippen LogP contribution in [0.3, 0.4) is 0 Å². The summed E-state index contributed by atoms with van der Waals surface area (Å²) in [5.74, 6) is 0. The van der Waals surface area contributed by atoms with Gasteiger partial charge in [0.2, 0.25) is 0 Å². The Morgan fingerprint density at radius 1 is 1.88 bits per heavy atom. The van der Waals surface area contributed by atoms with Crippen LogP contribution < -0.4 is 0 Å². The lowest BCUT2D eigenvalue weighted by Gasteiger charge is -1.79. The van der Waals surface area contributed by atoms with Gasteiger partial charge in [-0.2, -0.15) is 0 Å². The fraction of sp³-hybridized carbons (Fsp3) is 0.750. The van der Waals surface area contributed by atoms with Gasteiger partial charge in [-0.3, -0.25) is 4.39 Å². The Morgan fingerprint density at radius 3 is 2.00 bits per heavy atom. The van der Waals surface area contributed by atoms with Gasteiger partial charge in [0.1, 0.15) is 0 Å². The third-order valence-electron chi connectivity index (χ3n) is 0.175. The van der Waals surface area contributed by atoms with Gasteiger partial charge >= 0.3 is 6.16 Å². The van der Waals surface area contributed by atoms with Crippen LogP contribution in [0, 0.1) is 0 Å². The first kappa shape index (κ1) is 10.2.